The summed E-state index contributed by atoms with van der Waals surface area (Å²) in [4.78, 5) is 17.7. The van der Waals surface area contributed by atoms with Crippen molar-refractivity contribution in [1.82, 2.24) is 34.3 Å². The van der Waals surface area contributed by atoms with Gasteiger partial charge in [-0.25, -0.2) is 9.67 Å². The Bertz CT molecular complexity index is 1210. The molecule has 31 heavy (non-hydrogen) atoms. The predicted octanol–water partition coefficient (Wildman–Crippen LogP) is -0.273. The number of aromatic nitrogens is 7. The Morgan fingerprint density at radius 2 is 2.03 bits per heavy atom. The van der Waals surface area contributed by atoms with E-state index in [0.29, 0.717) is 17.0 Å². The zero-order chi connectivity index (χ0) is 21.5. The van der Waals surface area contributed by atoms with Crippen molar-refractivity contribution in [3.63, 3.8) is 0 Å². The van der Waals surface area contributed by atoms with Gasteiger partial charge in [-0.3, -0.25) is 9.55 Å². The second-order valence-electron chi connectivity index (χ2n) is 7.06. The van der Waals surface area contributed by atoms with Crippen molar-refractivity contribution in [3.8, 4) is 17.2 Å². The summed E-state index contributed by atoms with van der Waals surface area (Å²) in [6.07, 6.45) is 2.21. The SMILES string of the molecule is CNc1nc(-n2cc(-c3ccccn3)cn2)nc2c1ncn2C1OC(CO)C(O)C1O. The van der Waals surface area contributed by atoms with Crippen molar-refractivity contribution < 1.29 is 20.1 Å². The van der Waals surface area contributed by atoms with Gasteiger partial charge < -0.3 is 25.4 Å². The maximum Gasteiger partial charge on any atom is 0.254 e. The summed E-state index contributed by atoms with van der Waals surface area (Å²) in [5.74, 6) is 0.730. The molecule has 1 fully saturated rings. The van der Waals surface area contributed by atoms with Crippen molar-refractivity contribution in [3.05, 3.63) is 43.1 Å². The van der Waals surface area contributed by atoms with E-state index in [4.69, 9.17) is 4.74 Å². The normalized spacial score (nSPS) is 23.5. The maximum absolute atomic E-state index is 10.4. The fourth-order valence-electron chi connectivity index (χ4n) is 3.58. The topological polar surface area (TPSA) is 156 Å². The number of aliphatic hydroxyl groups excluding tert-OH is 3. The Labute approximate surface area is 175 Å². The van der Waals surface area contributed by atoms with Crippen molar-refractivity contribution >= 4 is 17.0 Å². The number of fused-ring (bicyclic) bond motifs is 1. The number of imidazole rings is 1. The van der Waals surface area contributed by atoms with Gasteiger partial charge in [0.05, 0.1) is 24.8 Å². The van der Waals surface area contributed by atoms with Gasteiger partial charge in [0.2, 0.25) is 0 Å². The molecule has 0 spiro atoms. The van der Waals surface area contributed by atoms with E-state index in [2.05, 4.69) is 30.4 Å². The third-order valence-corrected chi connectivity index (χ3v) is 5.19. The second-order valence-corrected chi connectivity index (χ2v) is 7.06. The van der Waals surface area contributed by atoms with Crippen LogP contribution in [0.25, 0.3) is 28.4 Å². The minimum atomic E-state index is -1.26. The summed E-state index contributed by atoms with van der Waals surface area (Å²) in [7, 11) is 1.71. The van der Waals surface area contributed by atoms with Gasteiger partial charge in [-0.15, -0.1) is 0 Å². The molecule has 0 bridgehead atoms. The lowest BCUT2D eigenvalue weighted by atomic mass is 10.1. The van der Waals surface area contributed by atoms with E-state index < -0.39 is 31.1 Å². The average Bonchev–Trinajstić information content (AvgIpc) is 3.52. The van der Waals surface area contributed by atoms with E-state index in [-0.39, 0.29) is 5.95 Å². The highest BCUT2D eigenvalue weighted by molar-refractivity contribution is 5.83. The van der Waals surface area contributed by atoms with Crippen LogP contribution in [0, 0.1) is 0 Å². The zero-order valence-corrected chi connectivity index (χ0v) is 16.4. The van der Waals surface area contributed by atoms with Crippen LogP contribution in [-0.2, 0) is 4.74 Å². The lowest BCUT2D eigenvalue weighted by Crippen LogP contribution is -2.33. The quantitative estimate of drug-likeness (QED) is 0.336. The lowest BCUT2D eigenvalue weighted by Gasteiger charge is -2.17. The summed E-state index contributed by atoms with van der Waals surface area (Å²) in [6.45, 7) is -0.424. The van der Waals surface area contributed by atoms with Crippen LogP contribution in [0.3, 0.4) is 0 Å². The zero-order valence-electron chi connectivity index (χ0n) is 16.4. The number of ether oxygens (including phenoxy) is 1. The molecule has 1 saturated heterocycles. The van der Waals surface area contributed by atoms with E-state index in [1.165, 1.54) is 15.6 Å². The molecular weight excluding hydrogens is 404 g/mol. The number of nitrogens with zero attached hydrogens (tertiary/aromatic N) is 7. The van der Waals surface area contributed by atoms with Crippen LogP contribution in [0.4, 0.5) is 5.82 Å². The third-order valence-electron chi connectivity index (χ3n) is 5.19. The van der Waals surface area contributed by atoms with E-state index in [1.54, 1.807) is 25.6 Å². The molecule has 0 radical (unpaired) electrons. The molecule has 4 N–H and O–H groups in total. The summed E-state index contributed by atoms with van der Waals surface area (Å²) in [6, 6.07) is 5.60. The molecule has 5 rings (SSSR count). The molecule has 1 aliphatic heterocycles. The molecule has 4 atom stereocenters. The van der Waals surface area contributed by atoms with Gasteiger partial charge in [0.25, 0.3) is 5.95 Å². The van der Waals surface area contributed by atoms with Crippen LogP contribution in [0.2, 0.25) is 0 Å². The fourth-order valence-corrected chi connectivity index (χ4v) is 3.58. The molecule has 4 aromatic rings. The molecule has 12 nitrogen and oxygen atoms in total. The van der Waals surface area contributed by atoms with Gasteiger partial charge in [-0.05, 0) is 12.1 Å². The fraction of sp³-hybridized carbons (Fsp3) is 0.316. The Hall–Kier alpha value is -3.45. The van der Waals surface area contributed by atoms with E-state index >= 15 is 0 Å². The van der Waals surface area contributed by atoms with Gasteiger partial charge in [-0.1, -0.05) is 6.07 Å². The highest BCUT2D eigenvalue weighted by atomic mass is 16.6. The third kappa shape index (κ3) is 3.21. The lowest BCUT2D eigenvalue weighted by molar-refractivity contribution is -0.0511. The van der Waals surface area contributed by atoms with Crippen molar-refractivity contribution in [1.29, 1.82) is 0 Å². The van der Waals surface area contributed by atoms with Crippen molar-refractivity contribution in [2.24, 2.45) is 0 Å². The molecule has 5 heterocycles. The number of pyridine rings is 1. The minimum absolute atomic E-state index is 0.271. The highest BCUT2D eigenvalue weighted by Gasteiger charge is 2.44. The summed E-state index contributed by atoms with van der Waals surface area (Å²) in [5.41, 5.74) is 2.40. The average molecular weight is 424 g/mol. The van der Waals surface area contributed by atoms with Gasteiger partial charge in [0, 0.05) is 25.0 Å². The van der Waals surface area contributed by atoms with Crippen LogP contribution in [-0.4, -0.2) is 81.6 Å². The molecule has 160 valence electrons. The van der Waals surface area contributed by atoms with Crippen LogP contribution < -0.4 is 5.32 Å². The van der Waals surface area contributed by atoms with E-state index in [0.717, 1.165) is 11.3 Å². The molecular formula is C19H20N8O4. The number of anilines is 1. The highest BCUT2D eigenvalue weighted by Crippen LogP contribution is 2.32. The number of rotatable bonds is 5. The summed E-state index contributed by atoms with van der Waals surface area (Å²) in [5, 5.41) is 37.2. The molecule has 0 aromatic carbocycles. The van der Waals surface area contributed by atoms with Crippen molar-refractivity contribution in [2.75, 3.05) is 19.0 Å². The van der Waals surface area contributed by atoms with Crippen LogP contribution in [0.5, 0.6) is 0 Å². The molecule has 12 heteroatoms. The van der Waals surface area contributed by atoms with Crippen LogP contribution >= 0.6 is 0 Å². The van der Waals surface area contributed by atoms with E-state index in [9.17, 15) is 15.3 Å². The second kappa shape index (κ2) is 7.67. The molecule has 4 aromatic heterocycles. The van der Waals surface area contributed by atoms with Crippen molar-refractivity contribution in [2.45, 2.75) is 24.5 Å². The smallest absolute Gasteiger partial charge is 0.254 e. The summed E-state index contributed by atoms with van der Waals surface area (Å²) < 4.78 is 8.65. The summed E-state index contributed by atoms with van der Waals surface area (Å²) >= 11 is 0. The number of hydrogen-bond acceptors (Lipinski definition) is 10. The Balaban J connectivity index is 1.58. The van der Waals surface area contributed by atoms with Gasteiger partial charge in [0.1, 0.15) is 18.3 Å². The first-order valence-electron chi connectivity index (χ1n) is 9.62. The molecule has 0 amide bonds. The van der Waals surface area contributed by atoms with Crippen LogP contribution in [0.1, 0.15) is 6.23 Å². The largest absolute Gasteiger partial charge is 0.394 e. The Kier molecular flexibility index (Phi) is 4.82. The van der Waals surface area contributed by atoms with Crippen LogP contribution in [0.15, 0.2) is 43.1 Å². The van der Waals surface area contributed by atoms with Gasteiger partial charge in [0.15, 0.2) is 23.2 Å². The first-order valence-corrected chi connectivity index (χ1v) is 9.62. The first-order chi connectivity index (χ1) is 15.1. The molecule has 4 unspecified atom stereocenters. The van der Waals surface area contributed by atoms with Gasteiger partial charge in [-0.2, -0.15) is 15.1 Å². The number of aliphatic hydroxyl groups is 3. The number of nitrogens with one attached hydrogen (secondary N) is 1. The maximum atomic E-state index is 10.4. The standard InChI is InChI=1S/C19H20N8O4/c1-20-16-13-17(26(9-22-13)18-15(30)14(29)12(8-28)31-18)25-19(24-16)27-7-10(6-23-27)11-4-2-3-5-21-11/h2-7,9,12,14-15,18,28-30H,8H2,1H3,(H,20,24,25). The molecule has 0 saturated carbocycles. The Morgan fingerprint density at radius 3 is 2.74 bits per heavy atom. The monoisotopic (exact) mass is 424 g/mol. The minimum Gasteiger partial charge on any atom is -0.394 e. The molecule has 1 aliphatic rings. The van der Waals surface area contributed by atoms with Gasteiger partial charge >= 0.3 is 0 Å². The van der Waals surface area contributed by atoms with E-state index in [1.807, 2.05) is 18.2 Å². The Morgan fingerprint density at radius 1 is 1.16 bits per heavy atom. The number of hydrogen-bond donors (Lipinski definition) is 4. The first kappa shape index (κ1) is 19.5. The molecule has 0 aliphatic carbocycles. The predicted molar refractivity (Wildman–Crippen MR) is 108 cm³/mol.